The lowest BCUT2D eigenvalue weighted by atomic mass is 9.98. The topological polar surface area (TPSA) is 21.3 Å². The molecule has 0 spiro atoms. The first-order chi connectivity index (χ1) is 10.8. The van der Waals surface area contributed by atoms with Gasteiger partial charge in [-0.15, -0.1) is 0 Å². The molecule has 0 amide bonds. The lowest BCUT2D eigenvalue weighted by Gasteiger charge is -2.24. The van der Waals surface area contributed by atoms with Crippen LogP contribution < -0.4 is 10.1 Å². The Morgan fingerprint density at radius 1 is 0.955 bits per heavy atom. The number of benzene rings is 2. The third-order valence-electron chi connectivity index (χ3n) is 4.16. The van der Waals surface area contributed by atoms with Gasteiger partial charge in [0.15, 0.2) is 0 Å². The maximum Gasteiger partial charge on any atom is 0.142 e. The van der Waals surface area contributed by atoms with Crippen molar-refractivity contribution in [2.75, 3.05) is 5.32 Å². The van der Waals surface area contributed by atoms with Crippen LogP contribution in [0.5, 0.6) is 5.75 Å². The normalized spacial score (nSPS) is 15.5. The first-order valence-electron chi connectivity index (χ1n) is 8.06. The van der Waals surface area contributed by atoms with Crippen molar-refractivity contribution in [2.24, 2.45) is 0 Å². The predicted octanol–water partition coefficient (Wildman–Crippen LogP) is 5.66. The summed E-state index contributed by atoms with van der Waals surface area (Å²) >= 11 is 6.21. The van der Waals surface area contributed by atoms with E-state index in [2.05, 4.69) is 11.4 Å². The number of hydrogen-bond donors (Lipinski definition) is 1. The van der Waals surface area contributed by atoms with Crippen LogP contribution in [-0.4, -0.2) is 6.10 Å². The first kappa shape index (κ1) is 15.2. The molecule has 0 aliphatic heterocycles. The van der Waals surface area contributed by atoms with Crippen LogP contribution in [0.25, 0.3) is 0 Å². The van der Waals surface area contributed by atoms with Crippen LogP contribution in [0.4, 0.5) is 5.69 Å². The maximum atomic E-state index is 6.21. The summed E-state index contributed by atoms with van der Waals surface area (Å²) in [5, 5.41) is 4.24. The summed E-state index contributed by atoms with van der Waals surface area (Å²) in [6.07, 6.45) is 6.58. The van der Waals surface area contributed by atoms with E-state index in [1.807, 2.05) is 42.5 Å². The molecule has 1 N–H and O–H groups in total. The van der Waals surface area contributed by atoms with Crippen molar-refractivity contribution >= 4 is 17.3 Å². The number of nitrogens with one attached hydrogen (secondary N) is 1. The molecule has 0 saturated heterocycles. The van der Waals surface area contributed by atoms with Crippen LogP contribution in [0, 0.1) is 0 Å². The highest BCUT2D eigenvalue weighted by Gasteiger charge is 2.16. The number of halogens is 1. The van der Waals surface area contributed by atoms with Crippen molar-refractivity contribution < 1.29 is 4.74 Å². The molecule has 0 bridgehead atoms. The van der Waals surface area contributed by atoms with Gasteiger partial charge in [-0.2, -0.15) is 0 Å². The first-order valence-corrected chi connectivity index (χ1v) is 8.44. The van der Waals surface area contributed by atoms with E-state index in [1.54, 1.807) is 0 Å². The van der Waals surface area contributed by atoms with Gasteiger partial charge in [0.2, 0.25) is 0 Å². The van der Waals surface area contributed by atoms with Crippen molar-refractivity contribution in [3.8, 4) is 5.75 Å². The molecule has 1 fully saturated rings. The van der Waals surface area contributed by atoms with Gasteiger partial charge in [0, 0.05) is 11.6 Å². The second-order valence-corrected chi connectivity index (χ2v) is 6.23. The summed E-state index contributed by atoms with van der Waals surface area (Å²) in [6, 6.07) is 16.1. The zero-order valence-corrected chi connectivity index (χ0v) is 13.5. The Hall–Kier alpha value is -1.67. The van der Waals surface area contributed by atoms with Crippen molar-refractivity contribution in [1.29, 1.82) is 0 Å². The van der Waals surface area contributed by atoms with Gasteiger partial charge in [-0.1, -0.05) is 48.4 Å². The van der Waals surface area contributed by atoms with Crippen LogP contribution >= 0.6 is 11.6 Å². The van der Waals surface area contributed by atoms with E-state index in [0.717, 1.165) is 22.0 Å². The largest absolute Gasteiger partial charge is 0.488 e. The molecule has 1 saturated carbocycles. The summed E-state index contributed by atoms with van der Waals surface area (Å²) in [5.74, 6) is 0.946. The summed E-state index contributed by atoms with van der Waals surface area (Å²) in [4.78, 5) is 0. The number of hydrogen-bond acceptors (Lipinski definition) is 2. The van der Waals surface area contributed by atoms with Gasteiger partial charge in [0.25, 0.3) is 0 Å². The number of ether oxygens (including phenoxy) is 1. The van der Waals surface area contributed by atoms with Crippen LogP contribution in [0.3, 0.4) is 0 Å². The van der Waals surface area contributed by atoms with E-state index >= 15 is 0 Å². The third-order valence-corrected chi connectivity index (χ3v) is 4.53. The van der Waals surface area contributed by atoms with Gasteiger partial charge in [-0.05, 0) is 49.4 Å². The van der Waals surface area contributed by atoms with Crippen molar-refractivity contribution in [2.45, 2.75) is 44.8 Å². The molecule has 2 aromatic rings. The average Bonchev–Trinajstić information content (AvgIpc) is 2.56. The van der Waals surface area contributed by atoms with E-state index < -0.39 is 0 Å². The third kappa shape index (κ3) is 3.95. The summed E-state index contributed by atoms with van der Waals surface area (Å²) < 4.78 is 6.21. The van der Waals surface area contributed by atoms with Crippen LogP contribution in [0.15, 0.2) is 48.5 Å². The molecule has 116 valence electrons. The van der Waals surface area contributed by atoms with Crippen LogP contribution in [0.1, 0.15) is 37.7 Å². The maximum absolute atomic E-state index is 6.21. The molecule has 2 nitrogen and oxygen atoms in total. The fraction of sp³-hybridized carbons (Fsp3) is 0.368. The number of para-hydroxylation sites is 2. The van der Waals surface area contributed by atoms with E-state index in [1.165, 1.54) is 32.1 Å². The van der Waals surface area contributed by atoms with E-state index in [0.29, 0.717) is 12.6 Å². The number of anilines is 1. The second kappa shape index (κ2) is 7.55. The highest BCUT2D eigenvalue weighted by molar-refractivity contribution is 6.31. The lowest BCUT2D eigenvalue weighted by Crippen LogP contribution is -2.20. The fourth-order valence-corrected chi connectivity index (χ4v) is 3.11. The molecule has 0 heterocycles. The van der Waals surface area contributed by atoms with E-state index in [9.17, 15) is 0 Å². The van der Waals surface area contributed by atoms with Gasteiger partial charge < -0.3 is 10.1 Å². The quantitative estimate of drug-likeness (QED) is 0.768. The zero-order chi connectivity index (χ0) is 15.2. The Labute approximate surface area is 137 Å². The molecule has 2 aromatic carbocycles. The molecule has 0 aromatic heterocycles. The summed E-state index contributed by atoms with van der Waals surface area (Å²) in [6.45, 7) is 0.699. The van der Waals surface area contributed by atoms with Gasteiger partial charge in [-0.25, -0.2) is 0 Å². The lowest BCUT2D eigenvalue weighted by molar-refractivity contribution is 0.156. The fourth-order valence-electron chi connectivity index (χ4n) is 2.91. The van der Waals surface area contributed by atoms with E-state index in [-0.39, 0.29) is 0 Å². The minimum Gasteiger partial charge on any atom is -0.488 e. The van der Waals surface area contributed by atoms with Gasteiger partial charge in [0.1, 0.15) is 5.75 Å². The predicted molar refractivity (Wildman–Crippen MR) is 92.7 cm³/mol. The Morgan fingerprint density at radius 2 is 1.68 bits per heavy atom. The Bertz CT molecular complexity index is 608. The molecule has 3 heteroatoms. The molecule has 0 unspecified atom stereocenters. The Morgan fingerprint density at radius 3 is 2.50 bits per heavy atom. The molecule has 22 heavy (non-hydrogen) atoms. The van der Waals surface area contributed by atoms with Crippen molar-refractivity contribution in [1.82, 2.24) is 0 Å². The highest BCUT2D eigenvalue weighted by Crippen LogP contribution is 2.29. The zero-order valence-electron chi connectivity index (χ0n) is 12.7. The molecule has 1 aliphatic rings. The molecule has 0 atom stereocenters. The summed E-state index contributed by atoms with van der Waals surface area (Å²) in [5.41, 5.74) is 2.13. The second-order valence-electron chi connectivity index (χ2n) is 5.82. The van der Waals surface area contributed by atoms with Crippen LogP contribution in [0.2, 0.25) is 5.02 Å². The number of rotatable bonds is 5. The van der Waals surface area contributed by atoms with Gasteiger partial charge in [-0.3, -0.25) is 0 Å². The molecule has 0 radical (unpaired) electrons. The molecule has 1 aliphatic carbocycles. The van der Waals surface area contributed by atoms with E-state index in [4.69, 9.17) is 16.3 Å². The standard InChI is InChI=1S/C19H22ClNO/c20-17-11-5-4-8-15(17)14-21-18-12-6-7-13-19(18)22-16-9-2-1-3-10-16/h4-8,11-13,16,21H,1-3,9-10,14H2. The van der Waals surface area contributed by atoms with Crippen molar-refractivity contribution in [3.63, 3.8) is 0 Å². The van der Waals surface area contributed by atoms with Gasteiger partial charge >= 0.3 is 0 Å². The SMILES string of the molecule is Clc1ccccc1CNc1ccccc1OC1CCCCC1. The average molecular weight is 316 g/mol. The molecular formula is C19H22ClNO. The Kier molecular flexibility index (Phi) is 5.23. The van der Waals surface area contributed by atoms with Crippen molar-refractivity contribution in [3.05, 3.63) is 59.1 Å². The smallest absolute Gasteiger partial charge is 0.142 e. The minimum absolute atomic E-state index is 0.358. The molecule has 3 rings (SSSR count). The van der Waals surface area contributed by atoms with Gasteiger partial charge in [0.05, 0.1) is 11.8 Å². The summed E-state index contributed by atoms with van der Waals surface area (Å²) in [7, 11) is 0. The highest BCUT2D eigenvalue weighted by atomic mass is 35.5. The minimum atomic E-state index is 0.358. The monoisotopic (exact) mass is 315 g/mol. The van der Waals surface area contributed by atoms with Crippen LogP contribution in [-0.2, 0) is 6.54 Å². The Balaban J connectivity index is 1.67. The molecular weight excluding hydrogens is 294 g/mol.